The first kappa shape index (κ1) is 54.6. The van der Waals surface area contributed by atoms with Crippen molar-refractivity contribution >= 4 is 86.3 Å². The van der Waals surface area contributed by atoms with Crippen molar-refractivity contribution in [3.8, 4) is 36.2 Å². The van der Waals surface area contributed by atoms with Crippen LogP contribution in [0.25, 0.3) is 21.5 Å². The number of anilines is 2. The van der Waals surface area contributed by atoms with Crippen LogP contribution in [0.2, 0.25) is 0 Å². The van der Waals surface area contributed by atoms with Crippen molar-refractivity contribution in [2.45, 2.75) is 46.3 Å². The Labute approximate surface area is 446 Å². The van der Waals surface area contributed by atoms with Gasteiger partial charge < -0.3 is 29.2 Å². The number of urea groups is 1. The van der Waals surface area contributed by atoms with E-state index in [0.717, 1.165) is 9.80 Å². The molecule has 1 saturated heterocycles. The molecule has 0 aliphatic carbocycles. The van der Waals surface area contributed by atoms with Crippen LogP contribution >= 0.6 is 0 Å². The third kappa shape index (κ3) is 9.75. The summed E-state index contributed by atoms with van der Waals surface area (Å²) in [5.41, 5.74) is -1.61. The number of carbonyl (C=O) groups excluding carboxylic acids is 9. The van der Waals surface area contributed by atoms with E-state index in [2.05, 4.69) is 11.8 Å². The lowest BCUT2D eigenvalue weighted by molar-refractivity contribution is -0.161. The fourth-order valence-electron chi connectivity index (χ4n) is 9.62. The van der Waals surface area contributed by atoms with Gasteiger partial charge in [0.05, 0.1) is 57.8 Å². The Hall–Kier alpha value is -9.69. The van der Waals surface area contributed by atoms with Crippen molar-refractivity contribution in [1.82, 2.24) is 9.80 Å². The van der Waals surface area contributed by atoms with Gasteiger partial charge in [0.1, 0.15) is 55.5 Å². The van der Waals surface area contributed by atoms with Gasteiger partial charge in [-0.15, -0.1) is 12.8 Å². The van der Waals surface area contributed by atoms with Gasteiger partial charge in [0.2, 0.25) is 11.8 Å². The lowest BCUT2D eigenvalue weighted by Crippen LogP contribution is -2.67. The summed E-state index contributed by atoms with van der Waals surface area (Å²) >= 11 is 0. The summed E-state index contributed by atoms with van der Waals surface area (Å²) in [6.45, 7) is 0.162. The number of amides is 8. The molecule has 9 rings (SSSR count). The van der Waals surface area contributed by atoms with E-state index in [1.807, 2.05) is 0 Å². The predicted octanol–water partition coefficient (Wildman–Crippen LogP) is 6.59. The number of barbiturate groups is 1. The van der Waals surface area contributed by atoms with Crippen molar-refractivity contribution < 1.29 is 72.3 Å². The van der Waals surface area contributed by atoms with E-state index in [4.69, 9.17) is 31.8 Å². The number of fused-ring (bicyclic) bond motifs is 4. The van der Waals surface area contributed by atoms with E-state index in [1.165, 1.54) is 36.4 Å². The number of β-amino-alcohol motifs (C(OH)–C–C–N with tert-alkyl or cyclic N) is 2. The van der Waals surface area contributed by atoms with Crippen molar-refractivity contribution in [1.29, 1.82) is 0 Å². The van der Waals surface area contributed by atoms with Gasteiger partial charge in [-0.2, -0.15) is 0 Å². The molecular weight excluding hydrogens is 1000 g/mol. The summed E-state index contributed by atoms with van der Waals surface area (Å²) in [6.07, 6.45) is 7.05. The summed E-state index contributed by atoms with van der Waals surface area (Å²) in [5, 5.41) is 24.7. The predicted molar refractivity (Wildman–Crippen MR) is 283 cm³/mol. The third-order valence-electron chi connectivity index (χ3n) is 13.6. The van der Waals surface area contributed by atoms with E-state index in [-0.39, 0.29) is 66.9 Å². The molecule has 0 bridgehead atoms. The molecule has 3 aliphatic rings. The first-order valence-electron chi connectivity index (χ1n) is 24.2. The number of aliphatic hydroxyl groups is 2. The van der Waals surface area contributed by atoms with Crippen molar-refractivity contribution in [2.24, 2.45) is 5.41 Å². The fraction of sp³-hybridized carbons (Fsp3) is 0.237. The van der Waals surface area contributed by atoms with Crippen molar-refractivity contribution in [3.05, 3.63) is 143 Å². The molecule has 0 radical (unpaired) electrons. The second kappa shape index (κ2) is 22.3. The molecule has 0 aromatic heterocycles. The van der Waals surface area contributed by atoms with Crippen LogP contribution in [0.3, 0.4) is 0 Å². The highest BCUT2D eigenvalue weighted by Gasteiger charge is 2.56. The molecule has 1 fully saturated rings. The molecule has 396 valence electrons. The molecule has 19 heteroatoms. The summed E-state index contributed by atoms with van der Waals surface area (Å²) in [4.78, 5) is 127. The minimum Gasteiger partial charge on any atom is -0.481 e. The minimum atomic E-state index is -1.80. The van der Waals surface area contributed by atoms with Crippen LogP contribution in [0.1, 0.15) is 96.3 Å². The lowest BCUT2D eigenvalue weighted by atomic mass is 9.77. The number of imide groups is 4. The number of rotatable bonds is 18. The first-order valence-corrected chi connectivity index (χ1v) is 24.2. The maximum absolute atomic E-state index is 13.9. The van der Waals surface area contributed by atoms with Gasteiger partial charge in [0.25, 0.3) is 23.6 Å². The second-order valence-corrected chi connectivity index (χ2v) is 18.1. The molecule has 2 unspecified atom stereocenters. The number of carbonyl (C=O) groups is 9. The zero-order chi connectivity index (χ0) is 54.9. The standard InChI is InChI=1S/C58H46N4O15.CH4/c1-5-23-74-39-17-21-41-33(25-39)11-9-13-47(41)61-49(65)43-19-15-35(27-45(43)51(61)67)53(69)76-31-37(63)29-59-55(71)58(7-3,8-4)56(72)60(57(59)73)30-38(64)32-77-54(70)36-16-20-44-46(28-36)52(68)62(50(44)66)48-14-10-12-34-26-40(75-24-6-2)18-22-42(34)48;/h1-2,9-22,25-28,37-38,63-64H,7-8,23-24,29-32H2,3-4H3;1H4. The fourth-order valence-corrected chi connectivity index (χ4v) is 9.62. The van der Waals surface area contributed by atoms with Crippen LogP contribution in [0, 0.1) is 30.1 Å². The number of nitrogens with zero attached hydrogens (tertiary/aromatic N) is 4. The van der Waals surface area contributed by atoms with Crippen LogP contribution in [0.5, 0.6) is 11.5 Å². The third-order valence-corrected chi connectivity index (χ3v) is 13.6. The number of hydrogen-bond donors (Lipinski definition) is 2. The molecule has 8 amide bonds. The first-order chi connectivity index (χ1) is 37.0. The molecule has 6 aromatic rings. The van der Waals surface area contributed by atoms with E-state index in [1.54, 1.807) is 86.6 Å². The maximum atomic E-state index is 13.9. The number of hydrogen-bond acceptors (Lipinski definition) is 15. The molecule has 6 aromatic carbocycles. The van der Waals surface area contributed by atoms with Gasteiger partial charge in [-0.05, 0) is 109 Å². The van der Waals surface area contributed by atoms with Gasteiger partial charge in [0.15, 0.2) is 0 Å². The summed E-state index contributed by atoms with van der Waals surface area (Å²) in [6, 6.07) is 26.5. The topological polar surface area (TPSA) is 244 Å². The largest absolute Gasteiger partial charge is 0.481 e. The summed E-state index contributed by atoms with van der Waals surface area (Å²) in [5.74, 6) is -0.791. The molecule has 0 saturated carbocycles. The Morgan fingerprint density at radius 1 is 0.551 bits per heavy atom. The Kier molecular flexibility index (Phi) is 15.6. The molecule has 19 nitrogen and oxygen atoms in total. The van der Waals surface area contributed by atoms with Crippen molar-refractivity contribution in [3.63, 3.8) is 0 Å². The molecule has 3 heterocycles. The molecular formula is C59H50N4O15. The van der Waals surface area contributed by atoms with E-state index in [9.17, 15) is 53.4 Å². The minimum absolute atomic E-state index is 0. The SMILES string of the molecule is C.C#CCOc1ccc2c(N3C(=O)c4ccc(C(=O)OCC(O)CN5C(=O)N(CC(O)COC(=O)c6ccc7c(c6)C(=O)N(c6cccc8cc(OCC#C)ccc68)C7=O)C(=O)C(CC)(CC)C5=O)cc4C3=O)cccc2c1. The number of benzene rings is 6. The van der Waals surface area contributed by atoms with Crippen LogP contribution in [0.4, 0.5) is 16.2 Å². The Bertz CT molecular complexity index is 3380. The van der Waals surface area contributed by atoms with Gasteiger partial charge in [-0.1, -0.05) is 57.4 Å². The zero-order valence-corrected chi connectivity index (χ0v) is 41.3. The number of esters is 2. The van der Waals surface area contributed by atoms with E-state index >= 15 is 0 Å². The number of ether oxygens (including phenoxy) is 4. The smallest absolute Gasteiger partial charge is 0.338 e. The number of aliphatic hydroxyl groups excluding tert-OH is 2. The van der Waals surface area contributed by atoms with E-state index in [0.29, 0.717) is 54.2 Å². The maximum Gasteiger partial charge on any atom is 0.338 e. The summed E-state index contributed by atoms with van der Waals surface area (Å²) < 4.78 is 21.7. The monoisotopic (exact) mass is 1050 g/mol. The zero-order valence-electron chi connectivity index (χ0n) is 41.3. The quantitative estimate of drug-likeness (QED) is 0.0399. The Morgan fingerprint density at radius 2 is 0.949 bits per heavy atom. The molecule has 78 heavy (non-hydrogen) atoms. The molecule has 2 atom stereocenters. The Morgan fingerprint density at radius 3 is 1.33 bits per heavy atom. The second-order valence-electron chi connectivity index (χ2n) is 18.1. The van der Waals surface area contributed by atoms with Gasteiger partial charge in [-0.25, -0.2) is 24.2 Å². The normalized spacial score (nSPS) is 15.4. The Balaban J connectivity index is 0.00000803. The van der Waals surface area contributed by atoms with Crippen LogP contribution in [-0.4, -0.2) is 125 Å². The van der Waals surface area contributed by atoms with E-state index < -0.39 is 97.3 Å². The average molecular weight is 1060 g/mol. The summed E-state index contributed by atoms with van der Waals surface area (Å²) in [7, 11) is 0. The van der Waals surface area contributed by atoms with Crippen molar-refractivity contribution in [2.75, 3.05) is 49.3 Å². The van der Waals surface area contributed by atoms with Crippen LogP contribution < -0.4 is 19.3 Å². The lowest BCUT2D eigenvalue weighted by Gasteiger charge is -2.44. The van der Waals surface area contributed by atoms with Gasteiger partial charge in [-0.3, -0.25) is 38.6 Å². The molecule has 3 aliphatic heterocycles. The number of terminal acetylenes is 2. The van der Waals surface area contributed by atoms with Crippen LogP contribution in [-0.2, 0) is 19.1 Å². The van der Waals surface area contributed by atoms with Gasteiger partial charge in [0, 0.05) is 10.8 Å². The average Bonchev–Trinajstić information content (AvgIpc) is 3.95. The highest BCUT2D eigenvalue weighted by molar-refractivity contribution is 6.37. The van der Waals surface area contributed by atoms with Gasteiger partial charge >= 0.3 is 18.0 Å². The highest BCUT2D eigenvalue weighted by Crippen LogP contribution is 2.39. The van der Waals surface area contributed by atoms with Crippen LogP contribution in [0.15, 0.2) is 109 Å². The highest BCUT2D eigenvalue weighted by atomic mass is 16.5. The molecule has 2 N–H and O–H groups in total. The molecule has 0 spiro atoms.